The fourth-order valence-corrected chi connectivity index (χ4v) is 5.53. The maximum Gasteiger partial charge on any atom is 0.246 e. The van der Waals surface area contributed by atoms with Crippen molar-refractivity contribution in [2.45, 2.75) is 31.5 Å². The van der Waals surface area contributed by atoms with Gasteiger partial charge in [0.25, 0.3) is 0 Å². The number of aromatic nitrogens is 3. The van der Waals surface area contributed by atoms with Gasteiger partial charge in [-0.2, -0.15) is 0 Å². The second-order valence-corrected chi connectivity index (χ2v) is 9.18. The molecular formula is C27H27N5O3. The monoisotopic (exact) mass is 469 g/mol. The van der Waals surface area contributed by atoms with Crippen LogP contribution in [0.25, 0.3) is 10.9 Å². The van der Waals surface area contributed by atoms with Crippen LogP contribution in [0.3, 0.4) is 0 Å². The molecule has 4 aromatic rings. The Balaban J connectivity index is 1.38. The molecule has 8 heteroatoms. The number of imidazole rings is 1. The summed E-state index contributed by atoms with van der Waals surface area (Å²) in [4.78, 5) is 38.5. The van der Waals surface area contributed by atoms with Gasteiger partial charge in [0.2, 0.25) is 11.8 Å². The van der Waals surface area contributed by atoms with E-state index in [1.54, 1.807) is 29.4 Å². The zero-order valence-electron chi connectivity index (χ0n) is 19.6. The molecule has 178 valence electrons. The minimum absolute atomic E-state index is 0.0130. The molecule has 0 spiro atoms. The van der Waals surface area contributed by atoms with Crippen molar-refractivity contribution in [1.82, 2.24) is 24.3 Å². The summed E-state index contributed by atoms with van der Waals surface area (Å²) < 4.78 is 7.46. The van der Waals surface area contributed by atoms with Crippen molar-refractivity contribution in [3.05, 3.63) is 84.1 Å². The molecular weight excluding hydrogens is 442 g/mol. The number of nitrogens with one attached hydrogen (secondary N) is 1. The maximum atomic E-state index is 13.7. The smallest absolute Gasteiger partial charge is 0.246 e. The molecule has 8 nitrogen and oxygen atoms in total. The van der Waals surface area contributed by atoms with Crippen molar-refractivity contribution >= 4 is 22.7 Å². The van der Waals surface area contributed by atoms with E-state index in [1.165, 1.54) is 0 Å². The normalized spacial score (nSPS) is 19.7. The predicted molar refractivity (Wildman–Crippen MR) is 131 cm³/mol. The molecule has 4 heterocycles. The number of rotatable bonds is 6. The van der Waals surface area contributed by atoms with Crippen LogP contribution in [0.4, 0.5) is 0 Å². The van der Waals surface area contributed by atoms with E-state index in [0.717, 1.165) is 46.4 Å². The number of H-pyrrole nitrogens is 1. The van der Waals surface area contributed by atoms with E-state index in [4.69, 9.17) is 4.74 Å². The molecule has 0 aliphatic carbocycles. The molecule has 0 radical (unpaired) electrons. The number of aromatic amines is 1. The number of ether oxygens (including phenoxy) is 1. The first kappa shape index (κ1) is 21.5. The SMILES string of the molecule is COc1cccc([C@H]2c3[nH]c4ccccc4c3C[C@H]3C(=O)N(CCCn4ccnc4)CC(=O)N23)c1. The van der Waals surface area contributed by atoms with Gasteiger partial charge in [-0.25, -0.2) is 4.98 Å². The third-order valence-electron chi connectivity index (χ3n) is 7.16. The number of piperazine rings is 1. The zero-order chi connectivity index (χ0) is 23.9. The van der Waals surface area contributed by atoms with Gasteiger partial charge in [0.1, 0.15) is 11.8 Å². The Bertz CT molecular complexity index is 1390. The third kappa shape index (κ3) is 3.65. The molecule has 35 heavy (non-hydrogen) atoms. The van der Waals surface area contributed by atoms with E-state index < -0.39 is 6.04 Å². The summed E-state index contributed by atoms with van der Waals surface area (Å²) >= 11 is 0. The lowest BCUT2D eigenvalue weighted by Crippen LogP contribution is -2.63. The highest BCUT2D eigenvalue weighted by molar-refractivity contribution is 5.97. The van der Waals surface area contributed by atoms with Crippen LogP contribution in [-0.2, 0) is 22.6 Å². The summed E-state index contributed by atoms with van der Waals surface area (Å²) in [5.74, 6) is 0.701. The van der Waals surface area contributed by atoms with Crippen LogP contribution in [-0.4, -0.2) is 62.4 Å². The lowest BCUT2D eigenvalue weighted by Gasteiger charge is -2.47. The summed E-state index contributed by atoms with van der Waals surface area (Å²) in [7, 11) is 1.63. The largest absolute Gasteiger partial charge is 0.497 e. The summed E-state index contributed by atoms with van der Waals surface area (Å²) in [5, 5.41) is 1.10. The maximum absolute atomic E-state index is 13.7. The molecule has 2 aliphatic heterocycles. The Hall–Kier alpha value is -4.07. The first-order valence-corrected chi connectivity index (χ1v) is 11.9. The van der Waals surface area contributed by atoms with E-state index in [-0.39, 0.29) is 24.4 Å². The van der Waals surface area contributed by atoms with E-state index in [9.17, 15) is 9.59 Å². The van der Waals surface area contributed by atoms with Crippen LogP contribution in [0.5, 0.6) is 5.75 Å². The molecule has 2 aromatic carbocycles. The molecule has 1 N–H and O–H groups in total. The van der Waals surface area contributed by atoms with Crippen molar-refractivity contribution < 1.29 is 14.3 Å². The van der Waals surface area contributed by atoms with Gasteiger partial charge in [-0.15, -0.1) is 0 Å². The molecule has 2 atom stereocenters. The van der Waals surface area contributed by atoms with E-state index >= 15 is 0 Å². The topological polar surface area (TPSA) is 83.5 Å². The van der Waals surface area contributed by atoms with Crippen molar-refractivity contribution in [2.24, 2.45) is 0 Å². The Labute approximate surface area is 203 Å². The number of methoxy groups -OCH3 is 1. The molecule has 0 bridgehead atoms. The van der Waals surface area contributed by atoms with Gasteiger partial charge in [0, 0.05) is 48.5 Å². The highest BCUT2D eigenvalue weighted by Crippen LogP contribution is 2.43. The van der Waals surface area contributed by atoms with Crippen molar-refractivity contribution in [3.63, 3.8) is 0 Å². The third-order valence-corrected chi connectivity index (χ3v) is 7.16. The van der Waals surface area contributed by atoms with Crippen molar-refractivity contribution in [3.8, 4) is 5.75 Å². The summed E-state index contributed by atoms with van der Waals surface area (Å²) in [6.07, 6.45) is 6.68. The van der Waals surface area contributed by atoms with Crippen LogP contribution in [0.1, 0.15) is 29.3 Å². The standard InChI is InChI=1S/C27H27N5O3/c1-35-19-7-4-6-18(14-19)26-25-21(20-8-2-3-9-22(20)29-25)15-23-27(34)31(16-24(33)32(23)26)12-5-11-30-13-10-28-17-30/h2-4,6-10,13-14,17,23,26,29H,5,11-12,15-16H2,1H3/t23-,26-/m0/s1. The number of amides is 2. The number of para-hydroxylation sites is 1. The second-order valence-electron chi connectivity index (χ2n) is 9.18. The van der Waals surface area contributed by atoms with Crippen LogP contribution in [0, 0.1) is 0 Å². The summed E-state index contributed by atoms with van der Waals surface area (Å²) in [6, 6.07) is 15.0. The Morgan fingerprint density at radius 3 is 2.83 bits per heavy atom. The number of carbonyl (C=O) groups is 2. The fourth-order valence-electron chi connectivity index (χ4n) is 5.53. The molecule has 2 aliphatic rings. The van der Waals surface area contributed by atoms with Crippen molar-refractivity contribution in [2.75, 3.05) is 20.2 Å². The Kier molecular flexibility index (Phi) is 5.28. The average molecular weight is 470 g/mol. The number of hydrogen-bond acceptors (Lipinski definition) is 4. The van der Waals surface area contributed by atoms with E-state index in [1.807, 2.05) is 53.2 Å². The fraction of sp³-hybridized carbons (Fsp3) is 0.296. The lowest BCUT2D eigenvalue weighted by molar-refractivity contribution is -0.158. The molecule has 6 rings (SSSR count). The van der Waals surface area contributed by atoms with Gasteiger partial charge in [0.05, 0.1) is 26.0 Å². The van der Waals surface area contributed by atoms with Crippen LogP contribution in [0.2, 0.25) is 0 Å². The van der Waals surface area contributed by atoms with Gasteiger partial charge in [-0.05, 0) is 35.7 Å². The highest BCUT2D eigenvalue weighted by atomic mass is 16.5. The van der Waals surface area contributed by atoms with Crippen molar-refractivity contribution in [1.29, 1.82) is 0 Å². The van der Waals surface area contributed by atoms with Gasteiger partial charge in [-0.1, -0.05) is 30.3 Å². The lowest BCUT2D eigenvalue weighted by atomic mass is 9.86. The Morgan fingerprint density at radius 2 is 2.00 bits per heavy atom. The van der Waals surface area contributed by atoms with Crippen LogP contribution < -0.4 is 4.74 Å². The second kappa shape index (κ2) is 8.61. The first-order chi connectivity index (χ1) is 17.1. The molecule has 1 saturated heterocycles. The molecule has 2 aromatic heterocycles. The molecule has 2 amide bonds. The number of carbonyl (C=O) groups excluding carboxylic acids is 2. The molecule has 0 saturated carbocycles. The number of nitrogens with zero attached hydrogens (tertiary/aromatic N) is 4. The van der Waals surface area contributed by atoms with Gasteiger partial charge in [-0.3, -0.25) is 9.59 Å². The highest BCUT2D eigenvalue weighted by Gasteiger charge is 2.48. The summed E-state index contributed by atoms with van der Waals surface area (Å²) in [6.45, 7) is 1.39. The number of fused-ring (bicyclic) bond motifs is 4. The quantitative estimate of drug-likeness (QED) is 0.470. The van der Waals surface area contributed by atoms with Gasteiger partial charge < -0.3 is 24.1 Å². The molecule has 0 unspecified atom stereocenters. The minimum atomic E-state index is -0.535. The predicted octanol–water partition coefficient (Wildman–Crippen LogP) is 3.15. The number of hydrogen-bond donors (Lipinski definition) is 1. The average Bonchev–Trinajstić information content (AvgIpc) is 3.53. The summed E-state index contributed by atoms with van der Waals surface area (Å²) in [5.41, 5.74) is 4.03. The number of benzene rings is 2. The number of aryl methyl sites for hydroxylation is 1. The molecule has 1 fully saturated rings. The Morgan fingerprint density at radius 1 is 1.11 bits per heavy atom. The zero-order valence-corrected chi connectivity index (χ0v) is 19.6. The van der Waals surface area contributed by atoms with Crippen LogP contribution in [0.15, 0.2) is 67.3 Å². The first-order valence-electron chi connectivity index (χ1n) is 11.9. The van der Waals surface area contributed by atoms with Gasteiger partial charge in [0.15, 0.2) is 0 Å². The van der Waals surface area contributed by atoms with E-state index in [0.29, 0.717) is 13.0 Å². The minimum Gasteiger partial charge on any atom is -0.497 e. The van der Waals surface area contributed by atoms with Gasteiger partial charge >= 0.3 is 0 Å². The van der Waals surface area contributed by atoms with E-state index in [2.05, 4.69) is 16.0 Å². The van der Waals surface area contributed by atoms with Crippen LogP contribution >= 0.6 is 0 Å².